The molecule has 0 aromatic carbocycles. The zero-order valence-electron chi connectivity index (χ0n) is 7.73. The molecule has 2 rings (SSSR count). The fourth-order valence-electron chi connectivity index (χ4n) is 1.33. The van der Waals surface area contributed by atoms with Crippen molar-refractivity contribution < 1.29 is 0 Å². The predicted octanol–water partition coefficient (Wildman–Crippen LogP) is 1.59. The molecule has 4 heteroatoms. The van der Waals surface area contributed by atoms with Crippen molar-refractivity contribution in [3.63, 3.8) is 0 Å². The minimum absolute atomic E-state index is 0.360. The number of rotatable bonds is 1. The van der Waals surface area contributed by atoms with Crippen LogP contribution in [0, 0.1) is 0 Å². The van der Waals surface area contributed by atoms with Crippen LogP contribution in [0.2, 0.25) is 0 Å². The molecule has 0 aliphatic heterocycles. The lowest BCUT2D eigenvalue weighted by molar-refractivity contribution is 0.613. The largest absolute Gasteiger partial charge is 0.397 e. The van der Waals surface area contributed by atoms with E-state index in [1.807, 2.05) is 4.57 Å². The van der Waals surface area contributed by atoms with Crippen LogP contribution < -0.4 is 5.73 Å². The number of nitrogens with two attached hydrogens (primary N) is 1. The van der Waals surface area contributed by atoms with Crippen molar-refractivity contribution in [1.29, 1.82) is 0 Å². The molecule has 2 N–H and O–H groups in total. The number of anilines is 1. The van der Waals surface area contributed by atoms with Crippen molar-refractivity contribution in [2.24, 2.45) is 0 Å². The maximum Gasteiger partial charge on any atom is 0.162 e. The Bertz CT molecular complexity index is 430. The van der Waals surface area contributed by atoms with Gasteiger partial charge in [-0.25, -0.2) is 9.97 Å². The van der Waals surface area contributed by atoms with Gasteiger partial charge in [-0.15, -0.1) is 0 Å². The minimum atomic E-state index is 0.360. The first-order valence-electron chi connectivity index (χ1n) is 4.27. The van der Waals surface area contributed by atoms with Crippen molar-refractivity contribution in [2.75, 3.05) is 5.73 Å². The van der Waals surface area contributed by atoms with E-state index in [9.17, 15) is 0 Å². The molecule has 2 heterocycles. The summed E-state index contributed by atoms with van der Waals surface area (Å²) in [5, 5.41) is 0. The van der Waals surface area contributed by atoms with Gasteiger partial charge in [0.15, 0.2) is 5.65 Å². The molecule has 0 atom stereocenters. The zero-order valence-corrected chi connectivity index (χ0v) is 7.73. The lowest BCUT2D eigenvalue weighted by Gasteiger charge is -2.06. The van der Waals surface area contributed by atoms with E-state index < -0.39 is 0 Å². The van der Waals surface area contributed by atoms with E-state index >= 15 is 0 Å². The molecule has 0 unspecified atom stereocenters. The molecule has 0 saturated heterocycles. The third-order valence-electron chi connectivity index (χ3n) is 2.05. The van der Waals surface area contributed by atoms with Gasteiger partial charge in [-0.2, -0.15) is 0 Å². The molecule has 4 nitrogen and oxygen atoms in total. The summed E-state index contributed by atoms with van der Waals surface area (Å²) in [6, 6.07) is 2.12. The lowest BCUT2D eigenvalue weighted by atomic mass is 10.3. The van der Waals surface area contributed by atoms with Crippen LogP contribution in [-0.4, -0.2) is 14.5 Å². The average Bonchev–Trinajstić information content (AvgIpc) is 2.48. The fraction of sp³-hybridized carbons (Fsp3) is 0.333. The van der Waals surface area contributed by atoms with E-state index in [4.69, 9.17) is 5.73 Å². The third-order valence-corrected chi connectivity index (χ3v) is 2.05. The van der Waals surface area contributed by atoms with E-state index in [-0.39, 0.29) is 0 Å². The molecule has 0 spiro atoms. The molecular weight excluding hydrogens is 164 g/mol. The van der Waals surface area contributed by atoms with Crippen molar-refractivity contribution >= 4 is 16.9 Å². The highest BCUT2D eigenvalue weighted by atomic mass is 15.1. The molecule has 0 amide bonds. The first kappa shape index (κ1) is 8.04. The third kappa shape index (κ3) is 1.14. The quantitative estimate of drug-likeness (QED) is 0.717. The van der Waals surface area contributed by atoms with Crippen LogP contribution in [0.3, 0.4) is 0 Å². The van der Waals surface area contributed by atoms with E-state index in [1.165, 1.54) is 0 Å². The SMILES string of the molecule is CC(C)n1cnc2c(N)ccnc21. The lowest BCUT2D eigenvalue weighted by Crippen LogP contribution is -1.99. The normalized spacial score (nSPS) is 11.3. The van der Waals surface area contributed by atoms with Crippen molar-refractivity contribution in [1.82, 2.24) is 14.5 Å². The van der Waals surface area contributed by atoms with Crippen molar-refractivity contribution in [3.8, 4) is 0 Å². The van der Waals surface area contributed by atoms with Crippen molar-refractivity contribution in [2.45, 2.75) is 19.9 Å². The summed E-state index contributed by atoms with van der Waals surface area (Å²) >= 11 is 0. The molecule has 0 saturated carbocycles. The van der Waals surface area contributed by atoms with E-state index in [0.29, 0.717) is 11.7 Å². The highest BCUT2D eigenvalue weighted by molar-refractivity contribution is 5.83. The maximum absolute atomic E-state index is 5.75. The second kappa shape index (κ2) is 2.73. The maximum atomic E-state index is 5.75. The Balaban J connectivity index is 2.75. The molecule has 0 fully saturated rings. The van der Waals surface area contributed by atoms with E-state index in [1.54, 1.807) is 18.6 Å². The van der Waals surface area contributed by atoms with Gasteiger partial charge >= 0.3 is 0 Å². The van der Waals surface area contributed by atoms with Gasteiger partial charge in [0.25, 0.3) is 0 Å². The smallest absolute Gasteiger partial charge is 0.162 e. The van der Waals surface area contributed by atoms with Crippen LogP contribution in [0.15, 0.2) is 18.6 Å². The Kier molecular flexibility index (Phi) is 1.69. The van der Waals surface area contributed by atoms with Crippen LogP contribution in [0.1, 0.15) is 19.9 Å². The number of imidazole rings is 1. The number of aromatic nitrogens is 3. The average molecular weight is 176 g/mol. The number of nitrogens with zero attached hydrogens (tertiary/aromatic N) is 3. The fourth-order valence-corrected chi connectivity index (χ4v) is 1.33. The van der Waals surface area contributed by atoms with Gasteiger partial charge in [-0.3, -0.25) is 0 Å². The van der Waals surface area contributed by atoms with Crippen molar-refractivity contribution in [3.05, 3.63) is 18.6 Å². The summed E-state index contributed by atoms with van der Waals surface area (Å²) in [5.41, 5.74) is 8.08. The van der Waals surface area contributed by atoms with Gasteiger partial charge < -0.3 is 10.3 Å². The van der Waals surface area contributed by atoms with Gasteiger partial charge in [-0.05, 0) is 19.9 Å². The van der Waals surface area contributed by atoms with Gasteiger partial charge in [0.1, 0.15) is 5.52 Å². The molecule has 0 aliphatic rings. The van der Waals surface area contributed by atoms with Crippen LogP contribution in [0.25, 0.3) is 11.2 Å². The molecule has 2 aromatic rings. The molecular formula is C9H12N4. The molecule has 68 valence electrons. The summed E-state index contributed by atoms with van der Waals surface area (Å²) in [6.07, 6.45) is 3.48. The second-order valence-corrected chi connectivity index (χ2v) is 3.32. The molecule has 0 radical (unpaired) electrons. The Morgan fingerprint density at radius 2 is 2.15 bits per heavy atom. The Labute approximate surface area is 76.4 Å². The van der Waals surface area contributed by atoms with Crippen LogP contribution in [0.4, 0.5) is 5.69 Å². The first-order valence-corrected chi connectivity index (χ1v) is 4.27. The van der Waals surface area contributed by atoms with Crippen LogP contribution >= 0.6 is 0 Å². The number of hydrogen-bond donors (Lipinski definition) is 1. The summed E-state index contributed by atoms with van der Waals surface area (Å²) in [7, 11) is 0. The van der Waals surface area contributed by atoms with Crippen LogP contribution in [-0.2, 0) is 0 Å². The van der Waals surface area contributed by atoms with Crippen LogP contribution in [0.5, 0.6) is 0 Å². The van der Waals surface area contributed by atoms with Gasteiger partial charge in [-0.1, -0.05) is 0 Å². The number of hydrogen-bond acceptors (Lipinski definition) is 3. The van der Waals surface area contributed by atoms with Gasteiger partial charge in [0.2, 0.25) is 0 Å². The van der Waals surface area contributed by atoms with E-state index in [0.717, 1.165) is 11.2 Å². The summed E-state index contributed by atoms with van der Waals surface area (Å²) < 4.78 is 2.01. The Morgan fingerprint density at radius 1 is 1.38 bits per heavy atom. The Morgan fingerprint density at radius 3 is 2.85 bits per heavy atom. The molecule has 0 bridgehead atoms. The van der Waals surface area contributed by atoms with E-state index in [2.05, 4.69) is 23.8 Å². The summed E-state index contributed by atoms with van der Waals surface area (Å²) in [6.45, 7) is 4.18. The number of nitrogen functional groups attached to an aromatic ring is 1. The predicted molar refractivity (Wildman–Crippen MR) is 52.3 cm³/mol. The standard InChI is InChI=1S/C9H12N4/c1-6(2)13-5-12-8-7(10)3-4-11-9(8)13/h3-6H,1-2H3,(H2,10,11). The highest BCUT2D eigenvalue weighted by Gasteiger charge is 2.07. The highest BCUT2D eigenvalue weighted by Crippen LogP contribution is 2.19. The number of pyridine rings is 1. The summed E-state index contributed by atoms with van der Waals surface area (Å²) in [4.78, 5) is 8.46. The number of fused-ring (bicyclic) bond motifs is 1. The molecule has 0 aliphatic carbocycles. The second-order valence-electron chi connectivity index (χ2n) is 3.32. The minimum Gasteiger partial charge on any atom is -0.397 e. The zero-order chi connectivity index (χ0) is 9.42. The Hall–Kier alpha value is -1.58. The first-order chi connectivity index (χ1) is 6.20. The van der Waals surface area contributed by atoms with Gasteiger partial charge in [0.05, 0.1) is 12.0 Å². The molecule has 2 aromatic heterocycles. The summed E-state index contributed by atoms with van der Waals surface area (Å²) in [5.74, 6) is 0. The van der Waals surface area contributed by atoms with Gasteiger partial charge in [0, 0.05) is 12.2 Å². The molecule has 13 heavy (non-hydrogen) atoms. The monoisotopic (exact) mass is 176 g/mol. The topological polar surface area (TPSA) is 56.7 Å².